The van der Waals surface area contributed by atoms with Gasteiger partial charge in [0, 0.05) is 24.1 Å². The first-order chi connectivity index (χ1) is 8.18. The number of carbonyl (C=O) groups is 1. The highest BCUT2D eigenvalue weighted by Crippen LogP contribution is 2.29. The van der Waals surface area contributed by atoms with Gasteiger partial charge in [0.25, 0.3) is 0 Å². The number of rotatable bonds is 4. The molecular formula is C12H17NO3S. The molecular weight excluding hydrogens is 238 g/mol. The van der Waals surface area contributed by atoms with Crippen molar-refractivity contribution < 1.29 is 14.3 Å². The molecule has 1 saturated heterocycles. The van der Waals surface area contributed by atoms with Gasteiger partial charge in [0.05, 0.1) is 18.7 Å². The summed E-state index contributed by atoms with van der Waals surface area (Å²) in [5, 5.41) is 8.94. The molecule has 0 aliphatic carbocycles. The van der Waals surface area contributed by atoms with E-state index in [0.717, 1.165) is 23.8 Å². The first kappa shape index (κ1) is 12.5. The van der Waals surface area contributed by atoms with Crippen LogP contribution in [-0.2, 0) is 4.79 Å². The minimum absolute atomic E-state index is 0.103. The Kier molecular flexibility index (Phi) is 4.12. The van der Waals surface area contributed by atoms with Gasteiger partial charge in [-0.15, -0.1) is 0 Å². The Morgan fingerprint density at radius 1 is 1.76 bits per heavy atom. The van der Waals surface area contributed by atoms with E-state index in [0.29, 0.717) is 0 Å². The van der Waals surface area contributed by atoms with Crippen molar-refractivity contribution in [3.05, 3.63) is 24.2 Å². The van der Waals surface area contributed by atoms with Crippen molar-refractivity contribution in [2.75, 3.05) is 18.1 Å². The van der Waals surface area contributed by atoms with Gasteiger partial charge in [0.1, 0.15) is 5.76 Å². The number of nitrogens with zero attached hydrogens (tertiary/aromatic N) is 1. The van der Waals surface area contributed by atoms with E-state index in [1.165, 1.54) is 0 Å². The molecule has 1 aliphatic rings. The van der Waals surface area contributed by atoms with Crippen molar-refractivity contribution >= 4 is 17.7 Å². The van der Waals surface area contributed by atoms with Crippen LogP contribution < -0.4 is 0 Å². The molecule has 94 valence electrons. The highest BCUT2D eigenvalue weighted by atomic mass is 32.2. The van der Waals surface area contributed by atoms with Crippen molar-refractivity contribution in [3.8, 4) is 0 Å². The summed E-state index contributed by atoms with van der Waals surface area (Å²) >= 11 is 1.83. The molecule has 2 unspecified atom stereocenters. The number of thioether (sulfide) groups is 1. The molecule has 0 amide bonds. The smallest absolute Gasteiger partial charge is 0.304 e. The number of carboxylic acid groups (broad SMARTS) is 1. The quantitative estimate of drug-likeness (QED) is 0.894. The number of hydrogen-bond acceptors (Lipinski definition) is 4. The molecule has 17 heavy (non-hydrogen) atoms. The van der Waals surface area contributed by atoms with Gasteiger partial charge in [-0.2, -0.15) is 11.8 Å². The van der Waals surface area contributed by atoms with Gasteiger partial charge in [-0.25, -0.2) is 0 Å². The van der Waals surface area contributed by atoms with Crippen LogP contribution in [0, 0.1) is 0 Å². The zero-order chi connectivity index (χ0) is 12.3. The molecule has 1 fully saturated rings. The molecule has 0 saturated carbocycles. The number of aliphatic carboxylic acids is 1. The summed E-state index contributed by atoms with van der Waals surface area (Å²) < 4.78 is 5.41. The first-order valence-corrected chi connectivity index (χ1v) is 6.92. The Balaban J connectivity index is 2.07. The van der Waals surface area contributed by atoms with Crippen molar-refractivity contribution in [3.63, 3.8) is 0 Å². The lowest BCUT2D eigenvalue weighted by atomic mass is 10.1. The van der Waals surface area contributed by atoms with Gasteiger partial charge in [-0.3, -0.25) is 9.69 Å². The first-order valence-electron chi connectivity index (χ1n) is 5.77. The second-order valence-corrected chi connectivity index (χ2v) is 5.41. The van der Waals surface area contributed by atoms with Crippen LogP contribution in [0.3, 0.4) is 0 Å². The fraction of sp³-hybridized carbons (Fsp3) is 0.583. The van der Waals surface area contributed by atoms with Crippen LogP contribution in [-0.4, -0.2) is 40.1 Å². The predicted octanol–water partition coefficient (Wildman–Crippen LogP) is 2.23. The minimum atomic E-state index is -0.728. The predicted molar refractivity (Wildman–Crippen MR) is 67.2 cm³/mol. The molecule has 1 aromatic heterocycles. The number of carboxylic acids is 1. The van der Waals surface area contributed by atoms with Crippen LogP contribution in [0.2, 0.25) is 0 Å². The molecule has 1 aliphatic heterocycles. The van der Waals surface area contributed by atoms with Crippen molar-refractivity contribution in [2.45, 2.75) is 25.4 Å². The molecule has 0 radical (unpaired) electrons. The summed E-state index contributed by atoms with van der Waals surface area (Å²) in [5.74, 6) is 2.12. The van der Waals surface area contributed by atoms with Gasteiger partial charge in [-0.1, -0.05) is 0 Å². The minimum Gasteiger partial charge on any atom is -0.481 e. The Bertz CT molecular complexity index is 366. The topological polar surface area (TPSA) is 53.7 Å². The number of hydrogen-bond donors (Lipinski definition) is 1. The molecule has 0 spiro atoms. The summed E-state index contributed by atoms with van der Waals surface area (Å²) in [6.45, 7) is 2.99. The van der Waals surface area contributed by atoms with Crippen molar-refractivity contribution in [1.29, 1.82) is 0 Å². The molecule has 4 nitrogen and oxygen atoms in total. The third-order valence-corrected chi connectivity index (χ3v) is 4.23. The maximum absolute atomic E-state index is 10.9. The lowest BCUT2D eigenvalue weighted by molar-refractivity contribution is -0.138. The fourth-order valence-corrected chi connectivity index (χ4v) is 3.34. The van der Waals surface area contributed by atoms with E-state index in [4.69, 9.17) is 9.52 Å². The van der Waals surface area contributed by atoms with E-state index < -0.39 is 5.97 Å². The van der Waals surface area contributed by atoms with Crippen LogP contribution in [0.15, 0.2) is 22.8 Å². The average Bonchev–Trinajstić information content (AvgIpc) is 2.81. The standard InChI is InChI=1S/C12H17NO3S/c1-9(11-3-2-5-16-11)13-4-6-17-8-10(13)7-12(14)15/h2-3,5,9-10H,4,6-8H2,1H3,(H,14,15). The summed E-state index contributed by atoms with van der Waals surface area (Å²) in [4.78, 5) is 13.1. The van der Waals surface area contributed by atoms with E-state index in [9.17, 15) is 4.79 Å². The van der Waals surface area contributed by atoms with Gasteiger partial charge in [0.15, 0.2) is 0 Å². The molecule has 2 atom stereocenters. The van der Waals surface area contributed by atoms with E-state index in [1.807, 2.05) is 23.9 Å². The van der Waals surface area contributed by atoms with Crippen LogP contribution in [0.1, 0.15) is 25.1 Å². The second kappa shape index (κ2) is 5.60. The maximum atomic E-state index is 10.9. The van der Waals surface area contributed by atoms with Gasteiger partial charge < -0.3 is 9.52 Å². The van der Waals surface area contributed by atoms with Crippen molar-refractivity contribution in [2.24, 2.45) is 0 Å². The molecule has 1 N–H and O–H groups in total. The monoisotopic (exact) mass is 255 g/mol. The lowest BCUT2D eigenvalue weighted by Crippen LogP contribution is -2.44. The summed E-state index contributed by atoms with van der Waals surface area (Å²) in [6.07, 6.45) is 1.87. The second-order valence-electron chi connectivity index (χ2n) is 4.26. The van der Waals surface area contributed by atoms with E-state index in [1.54, 1.807) is 6.26 Å². The van der Waals surface area contributed by atoms with Crippen molar-refractivity contribution in [1.82, 2.24) is 4.90 Å². The molecule has 1 aromatic rings. The van der Waals surface area contributed by atoms with Crippen LogP contribution in [0.25, 0.3) is 0 Å². The highest BCUT2D eigenvalue weighted by molar-refractivity contribution is 7.99. The molecule has 2 heterocycles. The average molecular weight is 255 g/mol. The van der Waals surface area contributed by atoms with Crippen LogP contribution in [0.4, 0.5) is 0 Å². The Hall–Kier alpha value is -0.940. The molecule has 0 bridgehead atoms. The van der Waals surface area contributed by atoms with E-state index in [2.05, 4.69) is 11.8 Å². The summed E-state index contributed by atoms with van der Waals surface area (Å²) in [6, 6.07) is 4.07. The summed E-state index contributed by atoms with van der Waals surface area (Å²) in [7, 11) is 0. The van der Waals surface area contributed by atoms with Gasteiger partial charge in [0.2, 0.25) is 0 Å². The lowest BCUT2D eigenvalue weighted by Gasteiger charge is -2.38. The van der Waals surface area contributed by atoms with Crippen LogP contribution >= 0.6 is 11.8 Å². The largest absolute Gasteiger partial charge is 0.481 e. The highest BCUT2D eigenvalue weighted by Gasteiger charge is 2.30. The normalized spacial score (nSPS) is 23.5. The SMILES string of the molecule is CC(c1ccco1)N1CCSCC1CC(=O)O. The maximum Gasteiger partial charge on any atom is 0.304 e. The molecule has 2 rings (SSSR count). The zero-order valence-electron chi connectivity index (χ0n) is 9.83. The summed E-state index contributed by atoms with van der Waals surface area (Å²) in [5.41, 5.74) is 0. The Morgan fingerprint density at radius 3 is 3.24 bits per heavy atom. The number of furan rings is 1. The fourth-order valence-electron chi connectivity index (χ4n) is 2.25. The zero-order valence-corrected chi connectivity index (χ0v) is 10.7. The third kappa shape index (κ3) is 3.04. The van der Waals surface area contributed by atoms with Gasteiger partial charge >= 0.3 is 5.97 Å². The Labute approximate surface area is 105 Å². The molecule has 0 aromatic carbocycles. The van der Waals surface area contributed by atoms with E-state index >= 15 is 0 Å². The Morgan fingerprint density at radius 2 is 2.59 bits per heavy atom. The van der Waals surface area contributed by atoms with E-state index in [-0.39, 0.29) is 18.5 Å². The third-order valence-electron chi connectivity index (χ3n) is 3.14. The van der Waals surface area contributed by atoms with Gasteiger partial charge in [-0.05, 0) is 19.1 Å². The molecule has 5 heteroatoms. The van der Waals surface area contributed by atoms with Crippen LogP contribution in [0.5, 0.6) is 0 Å².